The second-order valence-electron chi connectivity index (χ2n) is 5.76. The Morgan fingerprint density at radius 3 is 1.66 bits per heavy atom. The summed E-state index contributed by atoms with van der Waals surface area (Å²) in [4.78, 5) is 11.3. The van der Waals surface area contributed by atoms with Gasteiger partial charge in [-0.1, -0.05) is 6.92 Å². The first-order valence-electron chi connectivity index (χ1n) is 9.54. The first kappa shape index (κ1) is 30.8. The normalized spacial score (nSPS) is 11.7. The fraction of sp³-hybridized carbons (Fsp3) is 0.941. The Kier molecular flexibility index (Phi) is 20.7. The standard InChI is InChI=1S/C12H27NO6Si.C5H14O3Si/c1-15-9-10-19-12(14)6-8-13-7-5-11-20(16-2,17-3)18-4;1-5-9(6-2,7-3)8-4/h13H,5-11H2,1-4H3;5H2,1-4H3. The van der Waals surface area contributed by atoms with Crippen LogP contribution in [0.1, 0.15) is 19.8 Å². The summed E-state index contributed by atoms with van der Waals surface area (Å²) in [6.45, 7) is 4.09. The molecular weight excluding hydrogens is 418 g/mol. The van der Waals surface area contributed by atoms with Crippen molar-refractivity contribution in [2.24, 2.45) is 0 Å². The molecule has 0 fully saturated rings. The van der Waals surface area contributed by atoms with Crippen molar-refractivity contribution >= 4 is 23.6 Å². The topological polar surface area (TPSA) is 103 Å². The highest BCUT2D eigenvalue weighted by Crippen LogP contribution is 2.14. The lowest BCUT2D eigenvalue weighted by Gasteiger charge is -2.24. The summed E-state index contributed by atoms with van der Waals surface area (Å²) in [7, 11) is 6.55. The molecule has 1 N–H and O–H groups in total. The maximum atomic E-state index is 11.3. The van der Waals surface area contributed by atoms with Gasteiger partial charge in [0.2, 0.25) is 0 Å². The van der Waals surface area contributed by atoms with Gasteiger partial charge < -0.3 is 41.3 Å². The highest BCUT2D eigenvalue weighted by atomic mass is 28.4. The van der Waals surface area contributed by atoms with E-state index < -0.39 is 17.6 Å². The van der Waals surface area contributed by atoms with E-state index in [1.54, 1.807) is 49.8 Å². The van der Waals surface area contributed by atoms with Gasteiger partial charge in [-0.25, -0.2) is 0 Å². The number of carbonyl (C=O) groups is 1. The van der Waals surface area contributed by atoms with Crippen molar-refractivity contribution < 1.29 is 40.8 Å². The summed E-state index contributed by atoms with van der Waals surface area (Å²) >= 11 is 0. The van der Waals surface area contributed by atoms with Crippen molar-refractivity contribution in [1.82, 2.24) is 5.32 Å². The molecule has 29 heavy (non-hydrogen) atoms. The average Bonchev–Trinajstić information content (AvgIpc) is 2.76. The van der Waals surface area contributed by atoms with E-state index in [4.69, 9.17) is 36.0 Å². The monoisotopic (exact) mass is 459 g/mol. The molecule has 0 aromatic rings. The van der Waals surface area contributed by atoms with Gasteiger partial charge in [0.15, 0.2) is 0 Å². The molecule has 0 aromatic heterocycles. The molecule has 0 atom stereocenters. The minimum absolute atomic E-state index is 0.219. The molecule has 10 nitrogen and oxygen atoms in total. The molecule has 0 heterocycles. The fourth-order valence-electron chi connectivity index (χ4n) is 2.30. The first-order chi connectivity index (χ1) is 13.9. The van der Waals surface area contributed by atoms with Gasteiger partial charge in [-0.15, -0.1) is 0 Å². The smallest absolute Gasteiger partial charge is 0.463 e. The van der Waals surface area contributed by atoms with Crippen LogP contribution in [0.4, 0.5) is 0 Å². The molecule has 0 bridgehead atoms. The van der Waals surface area contributed by atoms with E-state index in [1.165, 1.54) is 0 Å². The lowest BCUT2D eigenvalue weighted by Crippen LogP contribution is -2.43. The van der Waals surface area contributed by atoms with E-state index in [0.717, 1.165) is 25.1 Å². The zero-order chi connectivity index (χ0) is 22.6. The Bertz CT molecular complexity index is 358. The van der Waals surface area contributed by atoms with Crippen LogP contribution < -0.4 is 5.32 Å². The molecule has 0 aromatic carbocycles. The molecule has 0 saturated heterocycles. The van der Waals surface area contributed by atoms with Crippen molar-refractivity contribution in [2.75, 3.05) is 76.1 Å². The van der Waals surface area contributed by atoms with Crippen molar-refractivity contribution in [3.8, 4) is 0 Å². The zero-order valence-corrected chi connectivity index (χ0v) is 21.3. The molecule has 0 spiro atoms. The number of methoxy groups -OCH3 is 1. The minimum atomic E-state index is -2.47. The molecular formula is C17H41NO9Si2. The number of hydrogen-bond acceptors (Lipinski definition) is 10. The largest absolute Gasteiger partial charge is 0.500 e. The van der Waals surface area contributed by atoms with Crippen LogP contribution >= 0.6 is 0 Å². The zero-order valence-electron chi connectivity index (χ0n) is 19.3. The lowest BCUT2D eigenvalue weighted by molar-refractivity contribution is -0.144. The van der Waals surface area contributed by atoms with Crippen LogP contribution in [0.5, 0.6) is 0 Å². The maximum Gasteiger partial charge on any atom is 0.500 e. The second-order valence-corrected chi connectivity index (χ2v) is 12.1. The summed E-state index contributed by atoms with van der Waals surface area (Å²) < 4.78 is 40.9. The lowest BCUT2D eigenvalue weighted by atomic mass is 10.4. The highest BCUT2D eigenvalue weighted by molar-refractivity contribution is 6.60. The van der Waals surface area contributed by atoms with E-state index in [0.29, 0.717) is 26.2 Å². The summed E-state index contributed by atoms with van der Waals surface area (Å²) in [6.07, 6.45) is 1.21. The predicted molar refractivity (Wildman–Crippen MR) is 114 cm³/mol. The summed E-state index contributed by atoms with van der Waals surface area (Å²) in [5, 5.41) is 3.18. The van der Waals surface area contributed by atoms with Gasteiger partial charge in [0, 0.05) is 68.4 Å². The minimum Gasteiger partial charge on any atom is -0.463 e. The first-order valence-corrected chi connectivity index (χ1v) is 13.4. The Hall–Kier alpha value is -0.416. The van der Waals surface area contributed by atoms with E-state index in [1.807, 2.05) is 6.92 Å². The number of hydrogen-bond donors (Lipinski definition) is 1. The molecule has 0 aliphatic heterocycles. The van der Waals surface area contributed by atoms with Crippen LogP contribution in [-0.2, 0) is 40.8 Å². The number of carbonyl (C=O) groups excluding carboxylic acids is 1. The van der Waals surface area contributed by atoms with Crippen molar-refractivity contribution in [3.63, 3.8) is 0 Å². The Morgan fingerprint density at radius 1 is 0.759 bits per heavy atom. The number of nitrogens with one attached hydrogen (secondary N) is 1. The maximum absolute atomic E-state index is 11.3. The quantitative estimate of drug-likeness (QED) is 0.194. The van der Waals surface area contributed by atoms with E-state index in [2.05, 4.69) is 5.32 Å². The van der Waals surface area contributed by atoms with Crippen LogP contribution in [-0.4, -0.2) is 99.7 Å². The molecule has 0 amide bonds. The molecule has 0 aliphatic rings. The molecule has 0 rings (SSSR count). The number of rotatable bonds is 17. The predicted octanol–water partition coefficient (Wildman–Crippen LogP) is 1.31. The molecule has 0 saturated carbocycles. The average molecular weight is 460 g/mol. The van der Waals surface area contributed by atoms with Crippen LogP contribution in [0.25, 0.3) is 0 Å². The van der Waals surface area contributed by atoms with Gasteiger partial charge in [0.05, 0.1) is 13.0 Å². The van der Waals surface area contributed by atoms with E-state index >= 15 is 0 Å². The molecule has 176 valence electrons. The number of esters is 1. The van der Waals surface area contributed by atoms with Gasteiger partial charge in [0.25, 0.3) is 0 Å². The summed E-state index contributed by atoms with van der Waals surface area (Å²) in [6, 6.07) is 1.55. The molecule has 12 heteroatoms. The van der Waals surface area contributed by atoms with Crippen molar-refractivity contribution in [2.45, 2.75) is 31.9 Å². The van der Waals surface area contributed by atoms with Crippen LogP contribution in [0.15, 0.2) is 0 Å². The van der Waals surface area contributed by atoms with Crippen LogP contribution in [0.3, 0.4) is 0 Å². The number of ether oxygens (including phenoxy) is 2. The fourth-order valence-corrected chi connectivity index (χ4v) is 5.38. The highest BCUT2D eigenvalue weighted by Gasteiger charge is 2.36. The van der Waals surface area contributed by atoms with Gasteiger partial charge >= 0.3 is 23.6 Å². The second kappa shape index (κ2) is 19.5. The summed E-state index contributed by atoms with van der Waals surface area (Å²) in [5.74, 6) is -0.219. The van der Waals surface area contributed by atoms with Gasteiger partial charge in [-0.2, -0.15) is 0 Å². The van der Waals surface area contributed by atoms with Gasteiger partial charge in [0.1, 0.15) is 6.61 Å². The van der Waals surface area contributed by atoms with E-state index in [-0.39, 0.29) is 5.97 Å². The van der Waals surface area contributed by atoms with Gasteiger partial charge in [-0.05, 0) is 13.0 Å². The summed E-state index contributed by atoms with van der Waals surface area (Å²) in [5.41, 5.74) is 0. The third-order valence-electron chi connectivity index (χ3n) is 4.19. The van der Waals surface area contributed by atoms with E-state index in [9.17, 15) is 4.79 Å². The molecule has 0 aliphatic carbocycles. The van der Waals surface area contributed by atoms with Crippen molar-refractivity contribution in [1.29, 1.82) is 0 Å². The molecule has 0 unspecified atom stereocenters. The Labute approximate surface area is 178 Å². The van der Waals surface area contributed by atoms with Gasteiger partial charge in [-0.3, -0.25) is 4.79 Å². The molecule has 0 radical (unpaired) electrons. The van der Waals surface area contributed by atoms with Crippen molar-refractivity contribution in [3.05, 3.63) is 0 Å². The SMILES string of the molecule is CC[Si](OC)(OC)OC.COCCOC(=O)CCNCCC[Si](OC)(OC)OC. The van der Waals surface area contributed by atoms with Crippen LogP contribution in [0.2, 0.25) is 12.1 Å². The third kappa shape index (κ3) is 14.3. The Balaban J connectivity index is 0. The third-order valence-corrected chi connectivity index (χ3v) is 9.76. The van der Waals surface area contributed by atoms with Crippen LogP contribution in [0, 0.1) is 0 Å². The Morgan fingerprint density at radius 2 is 1.28 bits per heavy atom.